The van der Waals surface area contributed by atoms with Crippen molar-refractivity contribution in [2.24, 2.45) is 0 Å². The SMILES string of the molecule is CCCCC(=O)Nc1ccc(C(=O)NNC(=O)c2ccccc2OC)cc1. The molecule has 7 heteroatoms. The van der Waals surface area contributed by atoms with Gasteiger partial charge >= 0.3 is 0 Å². The molecule has 0 fully saturated rings. The largest absolute Gasteiger partial charge is 0.496 e. The first-order valence-electron chi connectivity index (χ1n) is 8.68. The van der Waals surface area contributed by atoms with Crippen LogP contribution in [0.5, 0.6) is 5.75 Å². The lowest BCUT2D eigenvalue weighted by atomic mass is 10.2. The van der Waals surface area contributed by atoms with Crippen LogP contribution in [0.25, 0.3) is 0 Å². The molecule has 0 spiro atoms. The molecule has 142 valence electrons. The van der Waals surface area contributed by atoms with E-state index >= 15 is 0 Å². The average molecular weight is 369 g/mol. The van der Waals surface area contributed by atoms with Crippen LogP contribution in [0, 0.1) is 0 Å². The fourth-order valence-electron chi connectivity index (χ4n) is 2.35. The summed E-state index contributed by atoms with van der Waals surface area (Å²) < 4.78 is 5.12. The first-order chi connectivity index (χ1) is 13.0. The number of rotatable bonds is 7. The van der Waals surface area contributed by atoms with Crippen molar-refractivity contribution in [3.63, 3.8) is 0 Å². The van der Waals surface area contributed by atoms with Gasteiger partial charge in [0.15, 0.2) is 0 Å². The van der Waals surface area contributed by atoms with E-state index in [-0.39, 0.29) is 5.91 Å². The van der Waals surface area contributed by atoms with Crippen LogP contribution in [-0.4, -0.2) is 24.8 Å². The summed E-state index contributed by atoms with van der Waals surface area (Å²) in [5.74, 6) is -0.603. The van der Waals surface area contributed by atoms with Gasteiger partial charge in [-0.05, 0) is 42.8 Å². The predicted octanol–water partition coefficient (Wildman–Crippen LogP) is 2.90. The standard InChI is InChI=1S/C20H23N3O4/c1-3-4-9-18(24)21-15-12-10-14(11-13-15)19(25)22-23-20(26)16-7-5-6-8-17(16)27-2/h5-8,10-13H,3-4,9H2,1-2H3,(H,21,24)(H,22,25)(H,23,26). The third-order valence-corrected chi connectivity index (χ3v) is 3.83. The molecule has 0 bridgehead atoms. The van der Waals surface area contributed by atoms with Gasteiger partial charge in [0.05, 0.1) is 12.7 Å². The fourth-order valence-corrected chi connectivity index (χ4v) is 2.35. The molecule has 2 rings (SSSR count). The molecule has 0 saturated carbocycles. The van der Waals surface area contributed by atoms with Crippen molar-refractivity contribution in [1.82, 2.24) is 10.9 Å². The zero-order valence-electron chi connectivity index (χ0n) is 15.4. The number of methoxy groups -OCH3 is 1. The van der Waals surface area contributed by atoms with E-state index in [2.05, 4.69) is 16.2 Å². The number of para-hydroxylation sites is 1. The Morgan fingerprint density at radius 3 is 2.26 bits per heavy atom. The number of hydrazine groups is 1. The van der Waals surface area contributed by atoms with Gasteiger partial charge in [-0.25, -0.2) is 0 Å². The molecule has 27 heavy (non-hydrogen) atoms. The lowest BCUT2D eigenvalue weighted by Crippen LogP contribution is -2.41. The second kappa shape index (κ2) is 9.96. The molecule has 0 aliphatic rings. The van der Waals surface area contributed by atoms with Crippen LogP contribution < -0.4 is 20.9 Å². The highest BCUT2D eigenvalue weighted by Gasteiger charge is 2.13. The quantitative estimate of drug-likeness (QED) is 0.654. The van der Waals surface area contributed by atoms with Gasteiger partial charge < -0.3 is 10.1 Å². The minimum absolute atomic E-state index is 0.0573. The number of nitrogens with one attached hydrogen (secondary N) is 3. The van der Waals surface area contributed by atoms with Gasteiger partial charge in [0.2, 0.25) is 5.91 Å². The zero-order chi connectivity index (χ0) is 19.6. The number of carbonyl (C=O) groups is 3. The molecule has 0 aliphatic carbocycles. The third kappa shape index (κ3) is 5.85. The lowest BCUT2D eigenvalue weighted by molar-refractivity contribution is -0.116. The van der Waals surface area contributed by atoms with E-state index in [9.17, 15) is 14.4 Å². The van der Waals surface area contributed by atoms with Crippen LogP contribution in [0.2, 0.25) is 0 Å². The maximum atomic E-state index is 12.2. The molecule has 0 aromatic heterocycles. The Morgan fingerprint density at radius 2 is 1.59 bits per heavy atom. The first kappa shape index (κ1) is 20.0. The minimum Gasteiger partial charge on any atom is -0.496 e. The second-order valence-corrected chi connectivity index (χ2v) is 5.84. The monoisotopic (exact) mass is 369 g/mol. The number of hydrogen-bond acceptors (Lipinski definition) is 4. The number of unbranched alkanes of at least 4 members (excludes halogenated alkanes) is 1. The highest BCUT2D eigenvalue weighted by Crippen LogP contribution is 2.16. The van der Waals surface area contributed by atoms with E-state index in [1.165, 1.54) is 7.11 Å². The Balaban J connectivity index is 1.90. The third-order valence-electron chi connectivity index (χ3n) is 3.83. The summed E-state index contributed by atoms with van der Waals surface area (Å²) in [6, 6.07) is 13.1. The normalized spacial score (nSPS) is 10.0. The maximum absolute atomic E-state index is 12.2. The molecular weight excluding hydrogens is 346 g/mol. The van der Waals surface area contributed by atoms with Crippen molar-refractivity contribution in [2.45, 2.75) is 26.2 Å². The maximum Gasteiger partial charge on any atom is 0.273 e. The summed E-state index contributed by atoms with van der Waals surface area (Å²) in [6.45, 7) is 2.02. The zero-order valence-corrected chi connectivity index (χ0v) is 15.4. The molecule has 3 N–H and O–H groups in total. The summed E-state index contributed by atoms with van der Waals surface area (Å²) in [6.07, 6.45) is 2.25. The molecule has 3 amide bonds. The van der Waals surface area contributed by atoms with Gasteiger partial charge in [0, 0.05) is 17.7 Å². The molecule has 7 nitrogen and oxygen atoms in total. The van der Waals surface area contributed by atoms with E-state index in [0.29, 0.717) is 29.0 Å². The van der Waals surface area contributed by atoms with Crippen LogP contribution in [-0.2, 0) is 4.79 Å². The van der Waals surface area contributed by atoms with Gasteiger partial charge in [-0.15, -0.1) is 0 Å². The molecule has 0 saturated heterocycles. The Hall–Kier alpha value is -3.35. The van der Waals surface area contributed by atoms with Crippen molar-refractivity contribution in [2.75, 3.05) is 12.4 Å². The number of carbonyl (C=O) groups excluding carboxylic acids is 3. The van der Waals surface area contributed by atoms with Crippen LogP contribution >= 0.6 is 0 Å². The summed E-state index contributed by atoms with van der Waals surface area (Å²) in [5, 5.41) is 2.77. The number of amides is 3. The number of hydrogen-bond donors (Lipinski definition) is 3. The predicted molar refractivity (Wildman–Crippen MR) is 103 cm³/mol. The minimum atomic E-state index is -0.486. The molecule has 0 unspecified atom stereocenters. The smallest absolute Gasteiger partial charge is 0.273 e. The first-order valence-corrected chi connectivity index (χ1v) is 8.68. The van der Waals surface area contributed by atoms with E-state index in [1.54, 1.807) is 48.5 Å². The topological polar surface area (TPSA) is 96.5 Å². The van der Waals surface area contributed by atoms with Crippen LogP contribution in [0.3, 0.4) is 0 Å². The van der Waals surface area contributed by atoms with Crippen LogP contribution in [0.15, 0.2) is 48.5 Å². The summed E-state index contributed by atoms with van der Waals surface area (Å²) in [5.41, 5.74) is 5.98. The van der Waals surface area contributed by atoms with Crippen molar-refractivity contribution >= 4 is 23.4 Å². The number of ether oxygens (including phenoxy) is 1. The van der Waals surface area contributed by atoms with Crippen molar-refractivity contribution < 1.29 is 19.1 Å². The Kier molecular flexibility index (Phi) is 7.37. The lowest BCUT2D eigenvalue weighted by Gasteiger charge is -2.10. The fraction of sp³-hybridized carbons (Fsp3) is 0.250. The molecule has 0 aliphatic heterocycles. The molecule has 2 aromatic carbocycles. The van der Waals surface area contributed by atoms with E-state index in [4.69, 9.17) is 4.74 Å². The summed E-state index contributed by atoms with van der Waals surface area (Å²) in [7, 11) is 1.47. The van der Waals surface area contributed by atoms with Crippen LogP contribution in [0.1, 0.15) is 46.9 Å². The van der Waals surface area contributed by atoms with Crippen LogP contribution in [0.4, 0.5) is 5.69 Å². The Bertz CT molecular complexity index is 803. The molecule has 2 aromatic rings. The van der Waals surface area contributed by atoms with Crippen molar-refractivity contribution in [3.8, 4) is 5.75 Å². The number of anilines is 1. The number of benzene rings is 2. The van der Waals surface area contributed by atoms with Crippen molar-refractivity contribution in [1.29, 1.82) is 0 Å². The Labute approximate surface area is 158 Å². The van der Waals surface area contributed by atoms with Gasteiger partial charge in [0.1, 0.15) is 5.75 Å². The summed E-state index contributed by atoms with van der Waals surface area (Å²) >= 11 is 0. The van der Waals surface area contributed by atoms with Crippen molar-refractivity contribution in [3.05, 3.63) is 59.7 Å². The highest BCUT2D eigenvalue weighted by atomic mass is 16.5. The molecule has 0 heterocycles. The van der Waals surface area contributed by atoms with Gasteiger partial charge in [-0.2, -0.15) is 0 Å². The molecular formula is C20H23N3O4. The molecule has 0 radical (unpaired) electrons. The highest BCUT2D eigenvalue weighted by molar-refractivity contribution is 6.00. The summed E-state index contributed by atoms with van der Waals surface area (Å²) in [4.78, 5) is 36.0. The van der Waals surface area contributed by atoms with E-state index in [1.807, 2.05) is 6.92 Å². The van der Waals surface area contributed by atoms with Gasteiger partial charge in [-0.3, -0.25) is 25.2 Å². The van der Waals surface area contributed by atoms with Gasteiger partial charge in [-0.1, -0.05) is 25.5 Å². The van der Waals surface area contributed by atoms with E-state index < -0.39 is 11.8 Å². The Morgan fingerprint density at radius 1 is 0.926 bits per heavy atom. The second-order valence-electron chi connectivity index (χ2n) is 5.84. The average Bonchev–Trinajstić information content (AvgIpc) is 2.70. The van der Waals surface area contributed by atoms with E-state index in [0.717, 1.165) is 12.8 Å². The van der Waals surface area contributed by atoms with Gasteiger partial charge in [0.25, 0.3) is 11.8 Å². The molecule has 0 atom stereocenters.